The molecule has 0 fully saturated rings. The third kappa shape index (κ3) is 8.43. The van der Waals surface area contributed by atoms with E-state index in [0.717, 1.165) is 40.1 Å². The average Bonchev–Trinajstić information content (AvgIpc) is 3.18. The molecule has 6 aromatic rings. The van der Waals surface area contributed by atoms with Crippen LogP contribution in [0, 0.1) is 11.3 Å². The monoisotopic (exact) mass is 673 g/mol. The highest BCUT2D eigenvalue weighted by atomic mass is 16.7. The maximum absolute atomic E-state index is 12.1. The SMILES string of the molecule is C=CC(=O)Oc1ccccc1N(c1ccccc1)c1ccc(OCOc2ccc(N(c3ccc(C#N)cc3)c3ccc(COC)cc3)cc2)cc1. The number of rotatable bonds is 14. The van der Waals surface area contributed by atoms with E-state index < -0.39 is 5.97 Å². The van der Waals surface area contributed by atoms with Gasteiger partial charge >= 0.3 is 5.97 Å². The van der Waals surface area contributed by atoms with Crippen molar-refractivity contribution >= 4 is 40.1 Å². The number of carbonyl (C=O) groups is 1. The minimum Gasteiger partial charge on any atom is -0.458 e. The molecule has 0 aliphatic rings. The predicted molar refractivity (Wildman–Crippen MR) is 200 cm³/mol. The van der Waals surface area contributed by atoms with Crippen molar-refractivity contribution in [3.8, 4) is 23.3 Å². The van der Waals surface area contributed by atoms with Crippen LogP contribution in [0.2, 0.25) is 0 Å². The highest BCUT2D eigenvalue weighted by molar-refractivity contribution is 5.87. The van der Waals surface area contributed by atoms with E-state index in [1.165, 1.54) is 0 Å². The molecule has 252 valence electrons. The number of ether oxygens (including phenoxy) is 4. The van der Waals surface area contributed by atoms with Crippen molar-refractivity contribution in [3.63, 3.8) is 0 Å². The number of methoxy groups -OCH3 is 1. The summed E-state index contributed by atoms with van der Waals surface area (Å²) in [5.74, 6) is 1.14. The molecule has 6 aromatic carbocycles. The van der Waals surface area contributed by atoms with Crippen LogP contribution in [-0.2, 0) is 16.1 Å². The lowest BCUT2D eigenvalue weighted by atomic mass is 10.1. The quantitative estimate of drug-likeness (QED) is 0.0489. The second kappa shape index (κ2) is 16.5. The van der Waals surface area contributed by atoms with Crippen LogP contribution in [0.5, 0.6) is 17.2 Å². The van der Waals surface area contributed by atoms with Crippen LogP contribution in [0.3, 0.4) is 0 Å². The number of carbonyl (C=O) groups excluding carboxylic acids is 1. The number of esters is 1. The lowest BCUT2D eigenvalue weighted by Gasteiger charge is -2.27. The molecular weight excluding hydrogens is 638 g/mol. The summed E-state index contributed by atoms with van der Waals surface area (Å²) in [6.07, 6.45) is 1.14. The Hall–Kier alpha value is -6.82. The van der Waals surface area contributed by atoms with Crippen molar-refractivity contribution in [2.75, 3.05) is 23.7 Å². The Morgan fingerprint density at radius 1 is 0.647 bits per heavy atom. The van der Waals surface area contributed by atoms with Crippen LogP contribution >= 0.6 is 0 Å². The maximum atomic E-state index is 12.1. The molecule has 0 saturated heterocycles. The molecule has 0 unspecified atom stereocenters. The molecule has 0 spiro atoms. The summed E-state index contributed by atoms with van der Waals surface area (Å²) in [5.41, 5.74) is 6.90. The van der Waals surface area contributed by atoms with Crippen molar-refractivity contribution in [1.29, 1.82) is 5.26 Å². The Morgan fingerprint density at radius 2 is 1.14 bits per heavy atom. The molecule has 0 radical (unpaired) electrons. The van der Waals surface area contributed by atoms with Crippen molar-refractivity contribution in [1.82, 2.24) is 0 Å². The Morgan fingerprint density at radius 3 is 1.69 bits per heavy atom. The number of hydrogen-bond acceptors (Lipinski definition) is 8. The molecule has 0 amide bonds. The van der Waals surface area contributed by atoms with E-state index in [0.29, 0.717) is 35.1 Å². The number of benzene rings is 6. The summed E-state index contributed by atoms with van der Waals surface area (Å²) in [7, 11) is 1.68. The molecule has 0 atom stereocenters. The summed E-state index contributed by atoms with van der Waals surface area (Å²) in [4.78, 5) is 16.2. The van der Waals surface area contributed by atoms with Crippen molar-refractivity contribution < 1.29 is 23.7 Å². The lowest BCUT2D eigenvalue weighted by molar-refractivity contribution is -0.128. The second-order valence-corrected chi connectivity index (χ2v) is 11.3. The second-order valence-electron chi connectivity index (χ2n) is 11.3. The highest BCUT2D eigenvalue weighted by Gasteiger charge is 2.18. The zero-order chi connectivity index (χ0) is 35.4. The van der Waals surface area contributed by atoms with Crippen LogP contribution in [0.25, 0.3) is 0 Å². The molecule has 0 saturated carbocycles. The fourth-order valence-electron chi connectivity index (χ4n) is 5.47. The number of anilines is 6. The predicted octanol–water partition coefficient (Wildman–Crippen LogP) is 10.2. The maximum Gasteiger partial charge on any atom is 0.335 e. The normalized spacial score (nSPS) is 10.4. The molecule has 0 heterocycles. The summed E-state index contributed by atoms with van der Waals surface area (Å²) in [5, 5.41) is 9.30. The number of para-hydroxylation sites is 3. The van der Waals surface area contributed by atoms with Gasteiger partial charge in [-0.15, -0.1) is 0 Å². The van der Waals surface area contributed by atoms with E-state index >= 15 is 0 Å². The Kier molecular flexibility index (Phi) is 11.0. The van der Waals surface area contributed by atoms with Gasteiger partial charge in [0, 0.05) is 41.6 Å². The van der Waals surface area contributed by atoms with Crippen molar-refractivity contribution in [3.05, 3.63) is 175 Å². The van der Waals surface area contributed by atoms with Crippen LogP contribution in [0.15, 0.2) is 164 Å². The van der Waals surface area contributed by atoms with E-state index in [-0.39, 0.29) is 6.79 Å². The molecule has 6 rings (SSSR count). The fraction of sp³-hybridized carbons (Fsp3) is 0.0698. The van der Waals surface area contributed by atoms with Gasteiger partial charge in [-0.3, -0.25) is 0 Å². The topological polar surface area (TPSA) is 84.3 Å². The van der Waals surface area contributed by atoms with Gasteiger partial charge in [0.1, 0.15) is 11.5 Å². The molecule has 0 aliphatic carbocycles. The molecule has 51 heavy (non-hydrogen) atoms. The Bertz CT molecular complexity index is 2090. The minimum absolute atomic E-state index is 0.00172. The van der Waals surface area contributed by atoms with Gasteiger partial charge in [0.2, 0.25) is 6.79 Å². The van der Waals surface area contributed by atoms with Gasteiger partial charge in [0.25, 0.3) is 0 Å². The van der Waals surface area contributed by atoms with E-state index in [1.54, 1.807) is 13.2 Å². The molecule has 0 aliphatic heterocycles. The molecule has 0 N–H and O–H groups in total. The van der Waals surface area contributed by atoms with Gasteiger partial charge in [-0.05, 0) is 115 Å². The zero-order valence-corrected chi connectivity index (χ0v) is 28.0. The fourth-order valence-corrected chi connectivity index (χ4v) is 5.47. The van der Waals surface area contributed by atoms with Crippen molar-refractivity contribution in [2.45, 2.75) is 6.61 Å². The van der Waals surface area contributed by atoms with Gasteiger partial charge in [0.05, 0.1) is 23.9 Å². The Labute approximate surface area is 297 Å². The first-order valence-corrected chi connectivity index (χ1v) is 16.2. The first kappa shape index (κ1) is 34.1. The van der Waals surface area contributed by atoms with Gasteiger partial charge < -0.3 is 28.7 Å². The minimum atomic E-state index is -0.537. The smallest absolute Gasteiger partial charge is 0.335 e. The van der Waals surface area contributed by atoms with E-state index in [4.69, 9.17) is 18.9 Å². The van der Waals surface area contributed by atoms with Crippen LogP contribution in [0.1, 0.15) is 11.1 Å². The van der Waals surface area contributed by atoms with Crippen LogP contribution in [0.4, 0.5) is 34.1 Å². The first-order valence-electron chi connectivity index (χ1n) is 16.2. The zero-order valence-electron chi connectivity index (χ0n) is 28.0. The van der Waals surface area contributed by atoms with E-state index in [9.17, 15) is 10.1 Å². The standard InChI is InChI=1S/C43H35N3O5/c1-3-43(47)51-42-12-8-7-11-41(42)46(34-9-5-4-6-10-34)38-23-27-40(28-24-38)50-31-49-39-25-21-37(22-26-39)45(35-17-13-32(29-44)14-18-35)36-19-15-33(16-20-36)30-48-2/h3-28H,1,30-31H2,2H3. The van der Waals surface area contributed by atoms with Gasteiger partial charge in [-0.25, -0.2) is 4.79 Å². The lowest BCUT2D eigenvalue weighted by Crippen LogP contribution is -2.13. The van der Waals surface area contributed by atoms with Gasteiger partial charge in [-0.1, -0.05) is 49.0 Å². The summed E-state index contributed by atoms with van der Waals surface area (Å²) in [6, 6.07) is 50.3. The van der Waals surface area contributed by atoms with Gasteiger partial charge in [-0.2, -0.15) is 5.26 Å². The van der Waals surface area contributed by atoms with E-state index in [2.05, 4.69) is 17.5 Å². The summed E-state index contributed by atoms with van der Waals surface area (Å²) < 4.78 is 22.7. The number of nitriles is 1. The number of nitrogens with zero attached hydrogens (tertiary/aromatic N) is 3. The average molecular weight is 674 g/mol. The number of hydrogen-bond donors (Lipinski definition) is 0. The largest absolute Gasteiger partial charge is 0.458 e. The molecule has 8 heteroatoms. The Balaban J connectivity index is 1.15. The third-order valence-electron chi connectivity index (χ3n) is 7.90. The molecule has 0 aromatic heterocycles. The summed E-state index contributed by atoms with van der Waals surface area (Å²) >= 11 is 0. The third-order valence-corrected chi connectivity index (χ3v) is 7.90. The first-order chi connectivity index (χ1) is 25.1. The van der Waals surface area contributed by atoms with Gasteiger partial charge in [0.15, 0.2) is 5.75 Å². The van der Waals surface area contributed by atoms with Crippen molar-refractivity contribution in [2.24, 2.45) is 0 Å². The highest BCUT2D eigenvalue weighted by Crippen LogP contribution is 2.41. The molecule has 8 nitrogen and oxygen atoms in total. The summed E-state index contributed by atoms with van der Waals surface area (Å²) in [6.45, 7) is 4.06. The van der Waals surface area contributed by atoms with Crippen LogP contribution < -0.4 is 24.0 Å². The molecule has 0 bridgehead atoms. The molecular formula is C43H35N3O5. The van der Waals surface area contributed by atoms with E-state index in [1.807, 2.05) is 150 Å². The van der Waals surface area contributed by atoms with Crippen LogP contribution in [-0.4, -0.2) is 19.9 Å².